The van der Waals surface area contributed by atoms with E-state index in [9.17, 15) is 5.11 Å². The van der Waals surface area contributed by atoms with Crippen molar-refractivity contribution in [1.82, 2.24) is 0 Å². The molecule has 1 saturated carbocycles. The van der Waals surface area contributed by atoms with Crippen molar-refractivity contribution < 1.29 is 24.4 Å². The Balaban J connectivity index is 1.80. The van der Waals surface area contributed by atoms with Crippen LogP contribution in [-0.2, 0) is 14.2 Å². The molecule has 0 aromatic carbocycles. The molecule has 5 nitrogen and oxygen atoms in total. The molecule has 1 aliphatic rings. The van der Waals surface area contributed by atoms with Crippen molar-refractivity contribution in [1.29, 1.82) is 0 Å². The molecule has 2 atom stereocenters. The lowest BCUT2D eigenvalue weighted by molar-refractivity contribution is -0.00736. The third-order valence-electron chi connectivity index (χ3n) is 3.09. The van der Waals surface area contributed by atoms with Crippen LogP contribution in [0.2, 0.25) is 0 Å². The molecule has 0 spiro atoms. The number of ether oxygens (including phenoxy) is 3. The predicted molar refractivity (Wildman–Crippen MR) is 67.5 cm³/mol. The Morgan fingerprint density at radius 2 is 1.56 bits per heavy atom. The van der Waals surface area contributed by atoms with E-state index >= 15 is 0 Å². The summed E-state index contributed by atoms with van der Waals surface area (Å²) in [5.74, 6) is 0.502. The van der Waals surface area contributed by atoms with Crippen molar-refractivity contribution in [3.63, 3.8) is 0 Å². The van der Waals surface area contributed by atoms with E-state index in [1.54, 1.807) is 0 Å². The van der Waals surface area contributed by atoms with Crippen LogP contribution in [0.4, 0.5) is 0 Å². The van der Waals surface area contributed by atoms with Gasteiger partial charge in [0.05, 0.1) is 45.7 Å². The Bertz CT molecular complexity index is 188. The minimum absolute atomic E-state index is 0.0519. The average molecular weight is 262 g/mol. The number of aliphatic hydroxyl groups is 2. The topological polar surface area (TPSA) is 68.2 Å². The Morgan fingerprint density at radius 1 is 0.889 bits per heavy atom. The third-order valence-corrected chi connectivity index (χ3v) is 3.09. The van der Waals surface area contributed by atoms with E-state index in [1.807, 2.05) is 0 Å². The zero-order valence-corrected chi connectivity index (χ0v) is 11.1. The van der Waals surface area contributed by atoms with Crippen LogP contribution >= 0.6 is 0 Å². The van der Waals surface area contributed by atoms with Crippen LogP contribution in [0.25, 0.3) is 0 Å². The first-order valence-electron chi connectivity index (χ1n) is 6.85. The highest BCUT2D eigenvalue weighted by molar-refractivity contribution is 4.71. The molecule has 0 saturated heterocycles. The molecule has 0 aliphatic heterocycles. The van der Waals surface area contributed by atoms with Crippen LogP contribution in [-0.4, -0.2) is 62.6 Å². The van der Waals surface area contributed by atoms with Crippen LogP contribution in [0.3, 0.4) is 0 Å². The lowest BCUT2D eigenvalue weighted by atomic mass is 9.88. The molecule has 108 valence electrons. The number of hydrogen-bond donors (Lipinski definition) is 2. The van der Waals surface area contributed by atoms with Crippen molar-refractivity contribution in [3.05, 3.63) is 0 Å². The minimum atomic E-state index is -0.132. The van der Waals surface area contributed by atoms with Gasteiger partial charge in [0, 0.05) is 6.61 Å². The van der Waals surface area contributed by atoms with Gasteiger partial charge in [0.1, 0.15) is 0 Å². The van der Waals surface area contributed by atoms with Crippen LogP contribution < -0.4 is 0 Å². The van der Waals surface area contributed by atoms with E-state index in [4.69, 9.17) is 19.3 Å². The Morgan fingerprint density at radius 3 is 2.22 bits per heavy atom. The quantitative estimate of drug-likeness (QED) is 0.564. The second-order valence-corrected chi connectivity index (χ2v) is 4.71. The van der Waals surface area contributed by atoms with E-state index in [1.165, 1.54) is 0 Å². The molecule has 0 bridgehead atoms. The first-order chi connectivity index (χ1) is 8.83. The standard InChI is InChI=1S/C13H26O5/c14-4-5-16-6-7-17-8-9-18-11-12-2-1-3-13(15)10-12/h12-15H,1-11H2. The van der Waals surface area contributed by atoms with Gasteiger partial charge in [-0.15, -0.1) is 0 Å². The highest BCUT2D eigenvalue weighted by Gasteiger charge is 2.19. The molecule has 2 unspecified atom stereocenters. The third kappa shape index (κ3) is 8.00. The van der Waals surface area contributed by atoms with E-state index in [2.05, 4.69) is 0 Å². The SMILES string of the molecule is OCCOCCOCCOCC1CCCC(O)C1. The number of rotatable bonds is 10. The maximum atomic E-state index is 9.51. The van der Waals surface area contributed by atoms with Gasteiger partial charge in [-0.05, 0) is 25.2 Å². The van der Waals surface area contributed by atoms with Crippen molar-refractivity contribution >= 4 is 0 Å². The molecule has 0 heterocycles. The average Bonchev–Trinajstić information content (AvgIpc) is 2.37. The Kier molecular flexibility index (Phi) is 9.42. The van der Waals surface area contributed by atoms with Crippen LogP contribution in [0, 0.1) is 5.92 Å². The van der Waals surface area contributed by atoms with Gasteiger partial charge in [0.2, 0.25) is 0 Å². The monoisotopic (exact) mass is 262 g/mol. The summed E-state index contributed by atoms with van der Waals surface area (Å²) in [6.45, 7) is 3.34. The van der Waals surface area contributed by atoms with Gasteiger partial charge < -0.3 is 24.4 Å². The normalized spacial score (nSPS) is 24.3. The molecule has 0 amide bonds. The second-order valence-electron chi connectivity index (χ2n) is 4.71. The van der Waals surface area contributed by atoms with Crippen molar-refractivity contribution in [2.75, 3.05) is 46.2 Å². The second kappa shape index (κ2) is 10.7. The Hall–Kier alpha value is -0.200. The van der Waals surface area contributed by atoms with Gasteiger partial charge in [-0.1, -0.05) is 6.42 Å². The summed E-state index contributed by atoms with van der Waals surface area (Å²) < 4.78 is 15.9. The molecule has 18 heavy (non-hydrogen) atoms. The van der Waals surface area contributed by atoms with E-state index in [0.29, 0.717) is 39.0 Å². The summed E-state index contributed by atoms with van der Waals surface area (Å²) in [7, 11) is 0. The first kappa shape index (κ1) is 15.9. The number of aliphatic hydroxyl groups excluding tert-OH is 2. The lowest BCUT2D eigenvalue weighted by Gasteiger charge is -2.25. The summed E-state index contributed by atoms with van der Waals surface area (Å²) >= 11 is 0. The molecule has 0 radical (unpaired) electrons. The van der Waals surface area contributed by atoms with Gasteiger partial charge in [0.15, 0.2) is 0 Å². The maximum absolute atomic E-state index is 9.51. The fourth-order valence-electron chi connectivity index (χ4n) is 2.17. The summed E-state index contributed by atoms with van der Waals surface area (Å²) in [6.07, 6.45) is 3.94. The molecule has 1 aliphatic carbocycles. The number of hydrogen-bond acceptors (Lipinski definition) is 5. The first-order valence-corrected chi connectivity index (χ1v) is 6.85. The van der Waals surface area contributed by atoms with Crippen LogP contribution in [0.5, 0.6) is 0 Å². The van der Waals surface area contributed by atoms with Gasteiger partial charge in [-0.25, -0.2) is 0 Å². The van der Waals surface area contributed by atoms with Crippen LogP contribution in [0.1, 0.15) is 25.7 Å². The molecule has 0 aromatic rings. The van der Waals surface area contributed by atoms with E-state index < -0.39 is 0 Å². The lowest BCUT2D eigenvalue weighted by Crippen LogP contribution is -2.23. The maximum Gasteiger partial charge on any atom is 0.0701 e. The predicted octanol–water partition coefficient (Wildman–Crippen LogP) is 0.580. The summed E-state index contributed by atoms with van der Waals surface area (Å²) in [5.41, 5.74) is 0. The smallest absolute Gasteiger partial charge is 0.0701 e. The van der Waals surface area contributed by atoms with E-state index in [-0.39, 0.29) is 12.7 Å². The molecule has 5 heteroatoms. The highest BCUT2D eigenvalue weighted by Crippen LogP contribution is 2.24. The zero-order chi connectivity index (χ0) is 13.1. The van der Waals surface area contributed by atoms with Gasteiger partial charge >= 0.3 is 0 Å². The molecule has 2 N–H and O–H groups in total. The highest BCUT2D eigenvalue weighted by atomic mass is 16.5. The molecule has 1 fully saturated rings. The molecule has 0 aromatic heterocycles. The van der Waals surface area contributed by atoms with E-state index in [0.717, 1.165) is 32.3 Å². The molecular weight excluding hydrogens is 236 g/mol. The van der Waals surface area contributed by atoms with Gasteiger partial charge in [-0.2, -0.15) is 0 Å². The fraction of sp³-hybridized carbons (Fsp3) is 1.00. The van der Waals surface area contributed by atoms with Gasteiger partial charge in [-0.3, -0.25) is 0 Å². The minimum Gasteiger partial charge on any atom is -0.394 e. The van der Waals surface area contributed by atoms with Crippen LogP contribution in [0.15, 0.2) is 0 Å². The van der Waals surface area contributed by atoms with Crippen molar-refractivity contribution in [3.8, 4) is 0 Å². The summed E-state index contributed by atoms with van der Waals surface area (Å²) in [5, 5.41) is 18.0. The van der Waals surface area contributed by atoms with Gasteiger partial charge in [0.25, 0.3) is 0 Å². The van der Waals surface area contributed by atoms with Crippen molar-refractivity contribution in [2.24, 2.45) is 5.92 Å². The largest absolute Gasteiger partial charge is 0.394 e. The Labute approximate surface area is 109 Å². The molecular formula is C13H26O5. The van der Waals surface area contributed by atoms with Crippen molar-refractivity contribution in [2.45, 2.75) is 31.8 Å². The fourth-order valence-corrected chi connectivity index (χ4v) is 2.17. The summed E-state index contributed by atoms with van der Waals surface area (Å²) in [4.78, 5) is 0. The zero-order valence-electron chi connectivity index (χ0n) is 11.1. The summed E-state index contributed by atoms with van der Waals surface area (Å²) in [6, 6.07) is 0. The molecule has 1 rings (SSSR count).